The van der Waals surface area contributed by atoms with E-state index in [0.29, 0.717) is 6.54 Å². The molecule has 5 heteroatoms. The molecule has 0 fully saturated rings. The van der Waals surface area contributed by atoms with Crippen molar-refractivity contribution in [1.82, 2.24) is 15.5 Å². The molecule has 0 saturated heterocycles. The van der Waals surface area contributed by atoms with Gasteiger partial charge in [-0.1, -0.05) is 30.3 Å². The van der Waals surface area contributed by atoms with Gasteiger partial charge in [0.25, 0.3) is 5.91 Å². The topological polar surface area (TPSA) is 53.6 Å². The van der Waals surface area contributed by atoms with Crippen LogP contribution in [-0.4, -0.2) is 50.1 Å². The van der Waals surface area contributed by atoms with Crippen molar-refractivity contribution in [3.63, 3.8) is 0 Å². The maximum atomic E-state index is 12.1. The van der Waals surface area contributed by atoms with Crippen LogP contribution in [-0.2, 0) is 11.3 Å². The summed E-state index contributed by atoms with van der Waals surface area (Å²) < 4.78 is 5.89. The molecule has 0 radical (unpaired) electrons. The molecule has 0 bridgehead atoms. The first-order valence-corrected chi connectivity index (χ1v) is 9.56. The highest BCUT2D eigenvalue weighted by Gasteiger charge is 2.15. The van der Waals surface area contributed by atoms with E-state index in [9.17, 15) is 4.79 Å². The van der Waals surface area contributed by atoms with E-state index in [0.717, 1.165) is 36.2 Å². The molecule has 0 unspecified atom stereocenters. The highest BCUT2D eigenvalue weighted by atomic mass is 16.5. The first-order chi connectivity index (χ1) is 12.8. The number of benzene rings is 2. The lowest BCUT2D eigenvalue weighted by atomic mass is 10.0. The summed E-state index contributed by atoms with van der Waals surface area (Å²) in [4.78, 5) is 14.3. The summed E-state index contributed by atoms with van der Waals surface area (Å²) in [6, 6.07) is 12.3. The van der Waals surface area contributed by atoms with E-state index in [2.05, 4.69) is 41.8 Å². The zero-order chi connectivity index (χ0) is 19.9. The number of carbonyl (C=O) groups is 1. The molecule has 5 nitrogen and oxygen atoms in total. The number of nitrogens with zero attached hydrogens (tertiary/aromatic N) is 1. The highest BCUT2D eigenvalue weighted by molar-refractivity contribution is 5.88. The van der Waals surface area contributed by atoms with E-state index in [1.54, 1.807) is 0 Å². The maximum absolute atomic E-state index is 12.1. The average Bonchev–Trinajstić information content (AvgIpc) is 2.58. The van der Waals surface area contributed by atoms with Crippen molar-refractivity contribution < 1.29 is 9.53 Å². The molecule has 2 rings (SSSR count). The zero-order valence-electron chi connectivity index (χ0n) is 17.3. The van der Waals surface area contributed by atoms with Crippen LogP contribution in [0.4, 0.5) is 0 Å². The van der Waals surface area contributed by atoms with Crippen LogP contribution in [0.15, 0.2) is 36.4 Å². The number of carbonyl (C=O) groups excluding carboxylic acids is 1. The number of hydrogen-bond donors (Lipinski definition) is 2. The SMILES string of the molecule is CN(C)CCCNCc1c(OCC(=O)NC(C)(C)C)ccc2ccccc12. The Hall–Kier alpha value is -2.11. The van der Waals surface area contributed by atoms with Crippen molar-refractivity contribution >= 4 is 16.7 Å². The van der Waals surface area contributed by atoms with Crippen LogP contribution in [0.2, 0.25) is 0 Å². The standard InChI is InChI=1S/C22H33N3O2/c1-22(2,3)24-21(26)16-27-20-12-11-17-9-6-7-10-18(17)19(20)15-23-13-8-14-25(4)5/h6-7,9-12,23H,8,13-16H2,1-5H3,(H,24,26). The van der Waals surface area contributed by atoms with E-state index in [1.165, 1.54) is 5.39 Å². The van der Waals surface area contributed by atoms with Crippen LogP contribution in [0.3, 0.4) is 0 Å². The van der Waals surface area contributed by atoms with E-state index in [-0.39, 0.29) is 18.1 Å². The van der Waals surface area contributed by atoms with Crippen molar-refractivity contribution in [2.75, 3.05) is 33.8 Å². The van der Waals surface area contributed by atoms with Crippen LogP contribution in [0.25, 0.3) is 10.8 Å². The Balaban J connectivity index is 2.09. The van der Waals surface area contributed by atoms with Crippen LogP contribution < -0.4 is 15.4 Å². The van der Waals surface area contributed by atoms with Crippen molar-refractivity contribution in [2.45, 2.75) is 39.3 Å². The molecule has 0 spiro atoms. The van der Waals surface area contributed by atoms with Crippen LogP contribution in [0.1, 0.15) is 32.8 Å². The van der Waals surface area contributed by atoms with Crippen molar-refractivity contribution in [1.29, 1.82) is 0 Å². The van der Waals surface area contributed by atoms with Gasteiger partial charge in [-0.05, 0) is 71.2 Å². The van der Waals surface area contributed by atoms with Gasteiger partial charge in [-0.15, -0.1) is 0 Å². The first kappa shape index (κ1) is 21.2. The molecule has 0 heterocycles. The maximum Gasteiger partial charge on any atom is 0.258 e. The summed E-state index contributed by atoms with van der Waals surface area (Å²) in [5.74, 6) is 0.651. The summed E-state index contributed by atoms with van der Waals surface area (Å²) in [7, 11) is 4.17. The minimum absolute atomic E-state index is 0.0171. The number of nitrogens with one attached hydrogen (secondary N) is 2. The molecule has 27 heavy (non-hydrogen) atoms. The van der Waals surface area contributed by atoms with E-state index in [1.807, 2.05) is 45.0 Å². The number of fused-ring (bicyclic) bond motifs is 1. The lowest BCUT2D eigenvalue weighted by Crippen LogP contribution is -2.43. The molecule has 0 saturated carbocycles. The Morgan fingerprint density at radius 1 is 1.11 bits per heavy atom. The third-order valence-corrected chi connectivity index (χ3v) is 4.13. The van der Waals surface area contributed by atoms with Crippen LogP contribution >= 0.6 is 0 Å². The molecule has 2 aromatic carbocycles. The van der Waals surface area contributed by atoms with E-state index >= 15 is 0 Å². The predicted molar refractivity (Wildman–Crippen MR) is 112 cm³/mol. The second-order valence-corrected chi connectivity index (χ2v) is 8.18. The Labute approximate surface area is 163 Å². The Morgan fingerprint density at radius 3 is 2.56 bits per heavy atom. The summed E-state index contributed by atoms with van der Waals surface area (Å²) in [5.41, 5.74) is 0.835. The van der Waals surface area contributed by atoms with Gasteiger partial charge in [-0.2, -0.15) is 0 Å². The molecule has 0 aromatic heterocycles. The monoisotopic (exact) mass is 371 g/mol. The van der Waals surface area contributed by atoms with Crippen molar-refractivity contribution in [2.24, 2.45) is 0 Å². The predicted octanol–water partition coefficient (Wildman–Crippen LogP) is 3.17. The number of hydrogen-bond acceptors (Lipinski definition) is 4. The molecule has 0 aliphatic rings. The Bertz CT molecular complexity index is 751. The van der Waals surface area contributed by atoms with Gasteiger partial charge in [0.2, 0.25) is 0 Å². The van der Waals surface area contributed by atoms with Gasteiger partial charge in [-0.3, -0.25) is 4.79 Å². The fourth-order valence-electron chi connectivity index (χ4n) is 2.96. The fraction of sp³-hybridized carbons (Fsp3) is 0.500. The highest BCUT2D eigenvalue weighted by Crippen LogP contribution is 2.28. The van der Waals surface area contributed by atoms with Gasteiger partial charge >= 0.3 is 0 Å². The summed E-state index contributed by atoms with van der Waals surface area (Å²) in [5, 5.41) is 8.77. The molecular formula is C22H33N3O2. The van der Waals surface area contributed by atoms with Crippen LogP contribution in [0, 0.1) is 0 Å². The van der Waals surface area contributed by atoms with Gasteiger partial charge < -0.3 is 20.3 Å². The molecule has 2 aromatic rings. The molecule has 2 N–H and O–H groups in total. The number of rotatable bonds is 9. The normalized spacial score (nSPS) is 11.8. The molecule has 0 atom stereocenters. The quantitative estimate of drug-likeness (QED) is 0.665. The Kier molecular flexibility index (Phi) is 7.63. The number of amides is 1. The minimum atomic E-state index is -0.263. The average molecular weight is 372 g/mol. The minimum Gasteiger partial charge on any atom is -0.483 e. The fourth-order valence-corrected chi connectivity index (χ4v) is 2.96. The largest absolute Gasteiger partial charge is 0.483 e. The Morgan fingerprint density at radius 2 is 1.85 bits per heavy atom. The number of ether oxygens (including phenoxy) is 1. The van der Waals surface area contributed by atoms with Gasteiger partial charge in [0, 0.05) is 17.6 Å². The second kappa shape index (κ2) is 9.72. The molecular weight excluding hydrogens is 338 g/mol. The summed E-state index contributed by atoms with van der Waals surface area (Å²) >= 11 is 0. The molecule has 1 amide bonds. The van der Waals surface area contributed by atoms with Gasteiger partial charge in [0.15, 0.2) is 6.61 Å². The van der Waals surface area contributed by atoms with Gasteiger partial charge in [-0.25, -0.2) is 0 Å². The van der Waals surface area contributed by atoms with Crippen molar-refractivity contribution in [3.8, 4) is 5.75 Å². The summed E-state index contributed by atoms with van der Waals surface area (Å²) in [6.07, 6.45) is 1.09. The third kappa shape index (κ3) is 7.19. The van der Waals surface area contributed by atoms with Crippen LogP contribution in [0.5, 0.6) is 5.75 Å². The first-order valence-electron chi connectivity index (χ1n) is 9.56. The lowest BCUT2D eigenvalue weighted by Gasteiger charge is -2.21. The van der Waals surface area contributed by atoms with Crippen molar-refractivity contribution in [3.05, 3.63) is 42.0 Å². The molecule has 0 aliphatic heterocycles. The summed E-state index contributed by atoms with van der Waals surface area (Å²) in [6.45, 7) is 8.61. The lowest BCUT2D eigenvalue weighted by molar-refractivity contribution is -0.124. The molecule has 148 valence electrons. The van der Waals surface area contributed by atoms with E-state index in [4.69, 9.17) is 4.74 Å². The third-order valence-electron chi connectivity index (χ3n) is 4.13. The van der Waals surface area contributed by atoms with E-state index < -0.39 is 0 Å². The zero-order valence-corrected chi connectivity index (χ0v) is 17.3. The smallest absolute Gasteiger partial charge is 0.258 e. The van der Waals surface area contributed by atoms with Gasteiger partial charge in [0.05, 0.1) is 0 Å². The molecule has 0 aliphatic carbocycles. The second-order valence-electron chi connectivity index (χ2n) is 8.18. The van der Waals surface area contributed by atoms with Gasteiger partial charge in [0.1, 0.15) is 5.75 Å².